The smallest absolute Gasteiger partial charge is 0.469 e. The predicted molar refractivity (Wildman–Crippen MR) is 154 cm³/mol. The van der Waals surface area contributed by atoms with Crippen molar-refractivity contribution in [3.63, 3.8) is 0 Å². The van der Waals surface area contributed by atoms with Gasteiger partial charge in [-0.05, 0) is 66.8 Å². The molecule has 0 bridgehead atoms. The Kier molecular flexibility index (Phi) is 7.67. The number of phosphoric ester groups is 1. The van der Waals surface area contributed by atoms with Gasteiger partial charge in [-0.2, -0.15) is 0 Å². The van der Waals surface area contributed by atoms with E-state index in [1.165, 1.54) is 0 Å². The third-order valence-electron chi connectivity index (χ3n) is 7.46. The lowest BCUT2D eigenvalue weighted by atomic mass is 9.99. The Hall–Kier alpha value is -2.83. The van der Waals surface area contributed by atoms with Gasteiger partial charge in [0.05, 0.1) is 28.9 Å². The summed E-state index contributed by atoms with van der Waals surface area (Å²) in [5.41, 5.74) is 4.14. The summed E-state index contributed by atoms with van der Waals surface area (Å²) >= 11 is 0. The van der Waals surface area contributed by atoms with Gasteiger partial charge in [0, 0.05) is 36.6 Å². The van der Waals surface area contributed by atoms with E-state index >= 15 is 0 Å². The van der Waals surface area contributed by atoms with Gasteiger partial charge in [-0.3, -0.25) is 9.42 Å². The molecular weight excluding hydrogens is 569 g/mol. The Morgan fingerprint density at radius 1 is 1.20 bits per heavy atom. The van der Waals surface area contributed by atoms with Crippen LogP contribution >= 0.6 is 7.82 Å². The number of phosphoric acid groups is 1. The van der Waals surface area contributed by atoms with E-state index in [0.29, 0.717) is 55.4 Å². The predicted octanol–water partition coefficient (Wildman–Crippen LogP) is 3.82. The molecule has 6 rings (SSSR count). The highest BCUT2D eigenvalue weighted by Crippen LogP contribution is 2.41. The molecule has 2 aromatic heterocycles. The van der Waals surface area contributed by atoms with Crippen molar-refractivity contribution in [1.82, 2.24) is 14.9 Å². The summed E-state index contributed by atoms with van der Waals surface area (Å²) < 4.78 is 53.6. The van der Waals surface area contributed by atoms with Gasteiger partial charge < -0.3 is 24.2 Å². The molecule has 0 amide bonds. The molecule has 4 aromatic rings. The molecule has 2 fully saturated rings. The van der Waals surface area contributed by atoms with Crippen molar-refractivity contribution >= 4 is 39.6 Å². The summed E-state index contributed by atoms with van der Waals surface area (Å²) in [4.78, 5) is 28.2. The molecule has 3 heterocycles. The molecule has 0 spiro atoms. The zero-order chi connectivity index (χ0) is 28.8. The van der Waals surface area contributed by atoms with Crippen LogP contribution in [0.3, 0.4) is 0 Å². The Balaban J connectivity index is 1.29. The maximum atomic E-state index is 13.0. The SMILES string of the molecule is Cc1cnc2[nH]c3c(OCC4CN(CCOP(=O)(O)O)CCO4)ccc(-c4cccc(S(=O)(=O)C5CC5)c4)c3c2c1. The third-order valence-corrected chi connectivity index (χ3v) is 10.2. The van der Waals surface area contributed by atoms with Crippen molar-refractivity contribution in [2.24, 2.45) is 0 Å². The number of nitrogens with zero attached hydrogens (tertiary/aromatic N) is 2. The maximum Gasteiger partial charge on any atom is 0.469 e. The number of aromatic nitrogens is 2. The molecule has 2 aromatic carbocycles. The fourth-order valence-electron chi connectivity index (χ4n) is 5.29. The number of nitrogens with one attached hydrogen (secondary N) is 1. The van der Waals surface area contributed by atoms with Crippen LogP contribution in [0.2, 0.25) is 0 Å². The van der Waals surface area contributed by atoms with Crippen LogP contribution < -0.4 is 4.74 Å². The maximum absolute atomic E-state index is 13.0. The Labute approximate surface area is 237 Å². The van der Waals surface area contributed by atoms with Crippen LogP contribution in [0.5, 0.6) is 5.75 Å². The molecule has 0 radical (unpaired) electrons. The average Bonchev–Trinajstić information content (AvgIpc) is 3.74. The summed E-state index contributed by atoms with van der Waals surface area (Å²) in [5, 5.41) is 1.53. The lowest BCUT2D eigenvalue weighted by Gasteiger charge is -2.32. The number of pyridine rings is 1. The molecule has 11 nitrogen and oxygen atoms in total. The molecular formula is C28H32N3O8PS. The van der Waals surface area contributed by atoms with E-state index in [4.69, 9.17) is 19.3 Å². The largest absolute Gasteiger partial charge is 0.489 e. The van der Waals surface area contributed by atoms with Gasteiger partial charge in [0.1, 0.15) is 24.1 Å². The van der Waals surface area contributed by atoms with Crippen molar-refractivity contribution in [1.29, 1.82) is 0 Å². The number of ether oxygens (including phenoxy) is 2. The van der Waals surface area contributed by atoms with Crippen molar-refractivity contribution in [3.05, 3.63) is 54.2 Å². The number of morpholine rings is 1. The number of H-pyrrole nitrogens is 1. The van der Waals surface area contributed by atoms with Crippen LogP contribution in [0.1, 0.15) is 18.4 Å². The fraction of sp³-hybridized carbons (Fsp3) is 0.393. The average molecular weight is 602 g/mol. The highest BCUT2D eigenvalue weighted by Gasteiger charge is 2.37. The van der Waals surface area contributed by atoms with Crippen molar-refractivity contribution in [2.45, 2.75) is 36.0 Å². The molecule has 1 saturated heterocycles. The second-order valence-electron chi connectivity index (χ2n) is 10.6. The molecule has 1 atom stereocenters. The third kappa shape index (κ3) is 6.19. The second kappa shape index (κ2) is 11.1. The highest BCUT2D eigenvalue weighted by molar-refractivity contribution is 7.92. The van der Waals surface area contributed by atoms with Crippen molar-refractivity contribution in [3.8, 4) is 16.9 Å². The highest BCUT2D eigenvalue weighted by atomic mass is 32.2. The normalized spacial score (nSPS) is 18.8. The van der Waals surface area contributed by atoms with E-state index in [-0.39, 0.29) is 24.6 Å². The van der Waals surface area contributed by atoms with E-state index < -0.39 is 17.7 Å². The summed E-state index contributed by atoms with van der Waals surface area (Å²) in [7, 11) is -7.84. The van der Waals surface area contributed by atoms with Gasteiger partial charge in [-0.15, -0.1) is 0 Å². The lowest BCUT2D eigenvalue weighted by Crippen LogP contribution is -2.46. The van der Waals surface area contributed by atoms with Gasteiger partial charge in [0.25, 0.3) is 0 Å². The minimum Gasteiger partial charge on any atom is -0.489 e. The van der Waals surface area contributed by atoms with E-state index in [0.717, 1.165) is 33.0 Å². The molecule has 1 aliphatic heterocycles. The Morgan fingerprint density at radius 3 is 2.80 bits per heavy atom. The summed E-state index contributed by atoms with van der Waals surface area (Å²) in [6, 6.07) is 13.0. The summed E-state index contributed by atoms with van der Waals surface area (Å²) in [5.74, 6) is 0.617. The van der Waals surface area contributed by atoms with Crippen LogP contribution in [-0.2, 0) is 23.7 Å². The van der Waals surface area contributed by atoms with Gasteiger partial charge in [-0.25, -0.2) is 18.0 Å². The minimum absolute atomic E-state index is 0.0788. The second-order valence-corrected chi connectivity index (χ2v) is 14.1. The number of benzene rings is 2. The quantitative estimate of drug-likeness (QED) is 0.229. The number of fused-ring (bicyclic) bond motifs is 3. The van der Waals surface area contributed by atoms with E-state index in [1.807, 2.05) is 30.0 Å². The lowest BCUT2D eigenvalue weighted by molar-refractivity contribution is -0.0504. The summed E-state index contributed by atoms with van der Waals surface area (Å²) in [6.07, 6.45) is 2.96. The first kappa shape index (κ1) is 28.3. The molecule has 218 valence electrons. The number of aryl methyl sites for hydroxylation is 1. The fourth-order valence-corrected chi connectivity index (χ4v) is 7.31. The number of rotatable bonds is 10. The van der Waals surface area contributed by atoms with E-state index in [9.17, 15) is 13.0 Å². The number of hydrogen-bond acceptors (Lipinski definition) is 8. The molecule has 1 unspecified atom stereocenters. The van der Waals surface area contributed by atoms with Gasteiger partial charge in [0.2, 0.25) is 0 Å². The zero-order valence-electron chi connectivity index (χ0n) is 22.5. The van der Waals surface area contributed by atoms with Gasteiger partial charge >= 0.3 is 7.82 Å². The minimum atomic E-state index is -4.50. The molecule has 2 aliphatic rings. The number of aromatic amines is 1. The summed E-state index contributed by atoms with van der Waals surface area (Å²) in [6.45, 7) is 4.15. The standard InChI is InChI=1S/C28H32N3O8PS/c1-18-13-24-26-23(19-3-2-4-22(14-19)41(35,36)21-5-6-21)7-8-25(27(26)30-28(24)29-15-18)38-17-20-16-31(9-11-37-20)10-12-39-40(32,33)34/h2-4,7-8,13-15,20-21H,5-6,9-12,16-17H2,1H3,(H,29,30)(H2,32,33,34). The first-order valence-electron chi connectivity index (χ1n) is 13.5. The van der Waals surface area contributed by atoms with Crippen LogP contribution in [0.25, 0.3) is 33.1 Å². The monoisotopic (exact) mass is 601 g/mol. The first-order valence-corrected chi connectivity index (χ1v) is 16.6. The zero-order valence-corrected chi connectivity index (χ0v) is 24.2. The molecule has 1 saturated carbocycles. The first-order chi connectivity index (χ1) is 19.6. The van der Waals surface area contributed by atoms with Crippen molar-refractivity contribution < 1.29 is 36.8 Å². The van der Waals surface area contributed by atoms with E-state index in [2.05, 4.69) is 20.6 Å². The molecule has 13 heteroatoms. The molecule has 41 heavy (non-hydrogen) atoms. The van der Waals surface area contributed by atoms with Gasteiger partial charge in [-0.1, -0.05) is 12.1 Å². The van der Waals surface area contributed by atoms with Crippen LogP contribution in [0.4, 0.5) is 0 Å². The number of hydrogen-bond donors (Lipinski definition) is 3. The Morgan fingerprint density at radius 2 is 2.02 bits per heavy atom. The van der Waals surface area contributed by atoms with E-state index in [1.54, 1.807) is 24.4 Å². The topological polar surface area (TPSA) is 151 Å². The van der Waals surface area contributed by atoms with Crippen LogP contribution in [0, 0.1) is 6.92 Å². The van der Waals surface area contributed by atoms with Crippen molar-refractivity contribution in [2.75, 3.05) is 39.5 Å². The van der Waals surface area contributed by atoms with Gasteiger partial charge in [0.15, 0.2) is 9.84 Å². The molecule has 3 N–H and O–H groups in total. The van der Waals surface area contributed by atoms with Crippen LogP contribution in [-0.4, -0.2) is 83.9 Å². The molecule has 1 aliphatic carbocycles. The number of sulfone groups is 1. The Bertz CT molecular complexity index is 1750. The van der Waals surface area contributed by atoms with Crippen LogP contribution in [0.15, 0.2) is 53.6 Å².